The number of ether oxygens (including phenoxy) is 1. The molecule has 1 amide bonds. The molecule has 9 nitrogen and oxygen atoms in total. The Balaban J connectivity index is 1.51. The molecule has 0 aliphatic heterocycles. The molecule has 0 bridgehead atoms. The minimum atomic E-state index is -0.846. The monoisotopic (exact) mass is 444 g/mol. The number of hydrogen-bond acceptors (Lipinski definition) is 7. The number of benzene rings is 2. The van der Waals surface area contributed by atoms with Gasteiger partial charge in [-0.15, -0.1) is 0 Å². The molecule has 4 N–H and O–H groups in total. The van der Waals surface area contributed by atoms with Gasteiger partial charge in [0.2, 0.25) is 5.95 Å². The standard InChI is InChI=1S/C24H24N6O3/c1-25-24-26-11-10-19(30-24)20-13-16-12-15(8-9-18(16)28-20)22(31)29-21(23(32)33-2)14-27-17-6-4-3-5-7-17/h3-13,21,27-28H,14H2,1-2H3,(H,29,31)(H,25,26,30). The summed E-state index contributed by atoms with van der Waals surface area (Å²) >= 11 is 0. The number of carbonyl (C=O) groups excluding carboxylic acids is 2. The lowest BCUT2D eigenvalue weighted by Crippen LogP contribution is -2.46. The number of H-pyrrole nitrogens is 1. The van der Waals surface area contributed by atoms with E-state index < -0.39 is 12.0 Å². The van der Waals surface area contributed by atoms with Gasteiger partial charge >= 0.3 is 5.97 Å². The van der Waals surface area contributed by atoms with E-state index in [9.17, 15) is 9.59 Å². The maximum atomic E-state index is 12.9. The van der Waals surface area contributed by atoms with Crippen molar-refractivity contribution in [2.45, 2.75) is 6.04 Å². The number of nitrogens with one attached hydrogen (secondary N) is 4. The van der Waals surface area contributed by atoms with Gasteiger partial charge in [0.25, 0.3) is 5.91 Å². The highest BCUT2D eigenvalue weighted by molar-refractivity contribution is 6.00. The molecule has 0 saturated heterocycles. The third-order valence-corrected chi connectivity index (χ3v) is 5.11. The van der Waals surface area contributed by atoms with Crippen LogP contribution in [0.25, 0.3) is 22.3 Å². The summed E-state index contributed by atoms with van der Waals surface area (Å²) in [5.41, 5.74) is 3.67. The van der Waals surface area contributed by atoms with Crippen LogP contribution in [0.3, 0.4) is 0 Å². The average Bonchev–Trinajstić information content (AvgIpc) is 3.30. The van der Waals surface area contributed by atoms with Crippen LogP contribution < -0.4 is 16.0 Å². The first-order valence-electron chi connectivity index (χ1n) is 10.4. The van der Waals surface area contributed by atoms with E-state index in [1.807, 2.05) is 42.5 Å². The van der Waals surface area contributed by atoms with Gasteiger partial charge in [0, 0.05) is 41.9 Å². The van der Waals surface area contributed by atoms with Crippen LogP contribution in [0.2, 0.25) is 0 Å². The number of aromatic amines is 1. The fraction of sp³-hybridized carbons (Fsp3) is 0.167. The number of rotatable bonds is 8. The van der Waals surface area contributed by atoms with Gasteiger partial charge in [-0.3, -0.25) is 4.79 Å². The summed E-state index contributed by atoms with van der Waals surface area (Å²) in [7, 11) is 3.05. The third-order valence-electron chi connectivity index (χ3n) is 5.11. The molecular formula is C24H24N6O3. The van der Waals surface area contributed by atoms with Crippen LogP contribution in [0.5, 0.6) is 0 Å². The first-order chi connectivity index (χ1) is 16.1. The number of hydrogen-bond donors (Lipinski definition) is 4. The van der Waals surface area contributed by atoms with Gasteiger partial charge in [-0.25, -0.2) is 14.8 Å². The molecule has 4 aromatic rings. The van der Waals surface area contributed by atoms with E-state index in [1.165, 1.54) is 7.11 Å². The summed E-state index contributed by atoms with van der Waals surface area (Å²) in [6.07, 6.45) is 1.68. The van der Waals surface area contributed by atoms with Crippen LogP contribution in [0, 0.1) is 0 Å². The van der Waals surface area contributed by atoms with Crippen molar-refractivity contribution in [3.8, 4) is 11.4 Å². The Labute approximate surface area is 190 Å². The molecule has 2 heterocycles. The fourth-order valence-electron chi connectivity index (χ4n) is 3.39. The zero-order valence-electron chi connectivity index (χ0n) is 18.3. The van der Waals surface area contributed by atoms with Crippen molar-refractivity contribution in [2.24, 2.45) is 0 Å². The van der Waals surface area contributed by atoms with Crippen LogP contribution >= 0.6 is 0 Å². The molecule has 4 rings (SSSR count). The van der Waals surface area contributed by atoms with E-state index >= 15 is 0 Å². The largest absolute Gasteiger partial charge is 0.467 e. The summed E-state index contributed by atoms with van der Waals surface area (Å²) in [5.74, 6) is -0.380. The predicted molar refractivity (Wildman–Crippen MR) is 127 cm³/mol. The van der Waals surface area contributed by atoms with E-state index in [0.29, 0.717) is 11.5 Å². The van der Waals surface area contributed by atoms with E-state index in [0.717, 1.165) is 28.0 Å². The summed E-state index contributed by atoms with van der Waals surface area (Å²) in [4.78, 5) is 37.0. The smallest absolute Gasteiger partial charge is 0.330 e. The minimum Gasteiger partial charge on any atom is -0.467 e. The second-order valence-electron chi connectivity index (χ2n) is 7.30. The third kappa shape index (κ3) is 5.09. The van der Waals surface area contributed by atoms with Crippen LogP contribution in [-0.2, 0) is 9.53 Å². The molecule has 0 fully saturated rings. The Morgan fingerprint density at radius 3 is 2.67 bits per heavy atom. The number of carbonyl (C=O) groups is 2. The van der Waals surface area contributed by atoms with Crippen molar-refractivity contribution in [1.82, 2.24) is 20.3 Å². The first kappa shape index (κ1) is 21.8. The van der Waals surface area contributed by atoms with Gasteiger partial charge in [0.15, 0.2) is 0 Å². The Bertz CT molecular complexity index is 1270. The van der Waals surface area contributed by atoms with Crippen LogP contribution in [-0.4, -0.2) is 53.6 Å². The summed E-state index contributed by atoms with van der Waals surface area (Å²) in [6, 6.07) is 17.6. The topological polar surface area (TPSA) is 121 Å². The van der Waals surface area contributed by atoms with Gasteiger partial charge < -0.3 is 25.7 Å². The SMILES string of the molecule is CNc1nccc(-c2cc3cc(C(=O)NC(CNc4ccccc4)C(=O)OC)ccc3[nH]2)n1. The molecule has 168 valence electrons. The van der Waals surface area contributed by atoms with E-state index in [1.54, 1.807) is 31.4 Å². The zero-order chi connectivity index (χ0) is 23.2. The molecule has 1 unspecified atom stereocenters. The highest BCUT2D eigenvalue weighted by Crippen LogP contribution is 2.24. The van der Waals surface area contributed by atoms with Crippen molar-refractivity contribution in [2.75, 3.05) is 31.3 Å². The summed E-state index contributed by atoms with van der Waals surface area (Å²) in [6.45, 7) is 0.195. The minimum absolute atomic E-state index is 0.195. The molecule has 0 radical (unpaired) electrons. The summed E-state index contributed by atoms with van der Waals surface area (Å²) in [5, 5.41) is 9.66. The molecule has 33 heavy (non-hydrogen) atoms. The van der Waals surface area contributed by atoms with Gasteiger partial charge in [0.05, 0.1) is 18.5 Å². The number of esters is 1. The molecule has 2 aromatic carbocycles. The molecule has 0 aliphatic carbocycles. The van der Waals surface area contributed by atoms with Gasteiger partial charge in [-0.1, -0.05) is 18.2 Å². The zero-order valence-corrected chi connectivity index (χ0v) is 18.3. The van der Waals surface area contributed by atoms with E-state index in [-0.39, 0.29) is 12.5 Å². The van der Waals surface area contributed by atoms with Crippen molar-refractivity contribution < 1.29 is 14.3 Å². The quantitative estimate of drug-likeness (QED) is 0.308. The number of nitrogens with zero attached hydrogens (tertiary/aromatic N) is 2. The predicted octanol–water partition coefficient (Wildman–Crippen LogP) is 3.05. The Hall–Kier alpha value is -4.40. The Morgan fingerprint density at radius 2 is 1.91 bits per heavy atom. The fourth-order valence-corrected chi connectivity index (χ4v) is 3.39. The molecular weight excluding hydrogens is 420 g/mol. The number of fused-ring (bicyclic) bond motifs is 1. The van der Waals surface area contributed by atoms with Gasteiger partial charge in [0.1, 0.15) is 6.04 Å². The number of para-hydroxylation sites is 1. The molecule has 9 heteroatoms. The lowest BCUT2D eigenvalue weighted by Gasteiger charge is -2.18. The van der Waals surface area contributed by atoms with E-state index in [2.05, 4.69) is 30.9 Å². The first-order valence-corrected chi connectivity index (χ1v) is 10.4. The van der Waals surface area contributed by atoms with Crippen molar-refractivity contribution in [3.05, 3.63) is 72.4 Å². The Kier molecular flexibility index (Phi) is 6.49. The second-order valence-corrected chi connectivity index (χ2v) is 7.30. The lowest BCUT2D eigenvalue weighted by atomic mass is 10.1. The van der Waals surface area contributed by atoms with Crippen molar-refractivity contribution in [3.63, 3.8) is 0 Å². The normalized spacial score (nSPS) is 11.6. The number of amides is 1. The lowest BCUT2D eigenvalue weighted by molar-refractivity contribution is -0.142. The maximum absolute atomic E-state index is 12.9. The highest BCUT2D eigenvalue weighted by atomic mass is 16.5. The van der Waals surface area contributed by atoms with Crippen LogP contribution in [0.15, 0.2) is 66.9 Å². The maximum Gasteiger partial charge on any atom is 0.330 e. The van der Waals surface area contributed by atoms with Gasteiger partial charge in [-0.05, 0) is 42.5 Å². The van der Waals surface area contributed by atoms with E-state index in [4.69, 9.17) is 4.74 Å². The van der Waals surface area contributed by atoms with Crippen LogP contribution in [0.1, 0.15) is 10.4 Å². The highest BCUT2D eigenvalue weighted by Gasteiger charge is 2.22. The average molecular weight is 444 g/mol. The summed E-state index contributed by atoms with van der Waals surface area (Å²) < 4.78 is 4.86. The number of methoxy groups -OCH3 is 1. The second kappa shape index (κ2) is 9.82. The number of anilines is 2. The molecule has 0 saturated carbocycles. The molecule has 2 aromatic heterocycles. The number of aromatic nitrogens is 3. The Morgan fingerprint density at radius 1 is 1.09 bits per heavy atom. The van der Waals surface area contributed by atoms with Crippen molar-refractivity contribution in [1.29, 1.82) is 0 Å². The molecule has 0 spiro atoms. The molecule has 1 atom stereocenters. The van der Waals surface area contributed by atoms with Crippen molar-refractivity contribution >= 4 is 34.4 Å². The molecule has 0 aliphatic rings. The van der Waals surface area contributed by atoms with Gasteiger partial charge in [-0.2, -0.15) is 0 Å². The van der Waals surface area contributed by atoms with Crippen LogP contribution in [0.4, 0.5) is 11.6 Å².